The van der Waals surface area contributed by atoms with Gasteiger partial charge in [0.25, 0.3) is 5.91 Å². The summed E-state index contributed by atoms with van der Waals surface area (Å²) in [6.07, 6.45) is 1.53. The fourth-order valence-corrected chi connectivity index (χ4v) is 1.30. The molecule has 0 heterocycles. The summed E-state index contributed by atoms with van der Waals surface area (Å²) in [5.74, 6) is -1.80. The van der Waals surface area contributed by atoms with Gasteiger partial charge in [0.15, 0.2) is 6.61 Å². The van der Waals surface area contributed by atoms with Crippen LogP contribution in [0.2, 0.25) is 0 Å². The first-order chi connectivity index (χ1) is 9.02. The molecule has 102 valence electrons. The zero-order valence-corrected chi connectivity index (χ0v) is 10.1. The predicted molar refractivity (Wildman–Crippen MR) is 66.3 cm³/mol. The number of ether oxygens (including phenoxy) is 1. The maximum absolute atomic E-state index is 12.6. The number of carbonyl (C=O) groups is 2. The van der Waals surface area contributed by atoms with Crippen LogP contribution in [0.15, 0.2) is 36.9 Å². The van der Waals surface area contributed by atoms with Crippen LogP contribution in [-0.2, 0) is 9.59 Å². The van der Waals surface area contributed by atoms with Gasteiger partial charge in [0, 0.05) is 0 Å². The van der Waals surface area contributed by atoms with E-state index in [2.05, 4.69) is 11.9 Å². The molecule has 0 saturated carbocycles. The number of hydrogen-bond acceptors (Lipinski definition) is 3. The van der Waals surface area contributed by atoms with E-state index in [0.29, 0.717) is 5.75 Å². The Morgan fingerprint density at radius 2 is 2.05 bits per heavy atom. The van der Waals surface area contributed by atoms with Crippen molar-refractivity contribution in [1.82, 2.24) is 5.32 Å². The minimum absolute atomic E-state index is 0.123. The van der Waals surface area contributed by atoms with Crippen LogP contribution in [0.4, 0.5) is 4.39 Å². The highest BCUT2D eigenvalue weighted by atomic mass is 19.1. The van der Waals surface area contributed by atoms with Crippen molar-refractivity contribution in [3.8, 4) is 5.75 Å². The van der Waals surface area contributed by atoms with Crippen LogP contribution in [0.1, 0.15) is 6.42 Å². The van der Waals surface area contributed by atoms with E-state index in [1.165, 1.54) is 30.3 Å². The first kappa shape index (κ1) is 14.7. The van der Waals surface area contributed by atoms with Gasteiger partial charge in [-0.1, -0.05) is 6.08 Å². The van der Waals surface area contributed by atoms with Crippen LogP contribution >= 0.6 is 0 Å². The van der Waals surface area contributed by atoms with Gasteiger partial charge in [0.2, 0.25) is 0 Å². The summed E-state index contributed by atoms with van der Waals surface area (Å²) in [4.78, 5) is 22.3. The lowest BCUT2D eigenvalue weighted by atomic mass is 10.2. The number of carboxylic acids is 1. The number of hydrogen-bond donors (Lipinski definition) is 2. The molecule has 0 radical (unpaired) electrons. The van der Waals surface area contributed by atoms with E-state index in [4.69, 9.17) is 9.84 Å². The Morgan fingerprint density at radius 1 is 1.42 bits per heavy atom. The largest absolute Gasteiger partial charge is 0.484 e. The number of rotatable bonds is 7. The van der Waals surface area contributed by atoms with Crippen LogP contribution in [0.25, 0.3) is 0 Å². The summed E-state index contributed by atoms with van der Waals surface area (Å²) >= 11 is 0. The molecular weight excluding hydrogens is 253 g/mol. The third-order valence-corrected chi connectivity index (χ3v) is 2.22. The summed E-state index contributed by atoms with van der Waals surface area (Å²) < 4.78 is 17.7. The van der Waals surface area contributed by atoms with Crippen LogP contribution in [0, 0.1) is 5.82 Å². The van der Waals surface area contributed by atoms with Crippen molar-refractivity contribution < 1.29 is 23.8 Å². The highest BCUT2D eigenvalue weighted by Crippen LogP contribution is 2.10. The van der Waals surface area contributed by atoms with Gasteiger partial charge in [-0.15, -0.1) is 6.58 Å². The van der Waals surface area contributed by atoms with Gasteiger partial charge in [-0.3, -0.25) is 4.79 Å². The van der Waals surface area contributed by atoms with Crippen molar-refractivity contribution in [2.24, 2.45) is 0 Å². The zero-order valence-electron chi connectivity index (χ0n) is 10.1. The summed E-state index contributed by atoms with van der Waals surface area (Å²) in [6, 6.07) is 4.12. The highest BCUT2D eigenvalue weighted by molar-refractivity contribution is 5.84. The standard InChI is InChI=1S/C13H14FNO4/c1-2-3-11(13(17)18)15-12(16)8-19-10-6-4-9(14)5-7-10/h2,4-7,11H,1,3,8H2,(H,15,16)(H,17,18). The second-order valence-electron chi connectivity index (χ2n) is 3.73. The Bertz CT molecular complexity index is 458. The van der Waals surface area contributed by atoms with E-state index >= 15 is 0 Å². The van der Waals surface area contributed by atoms with Crippen molar-refractivity contribution in [3.63, 3.8) is 0 Å². The Balaban J connectivity index is 2.44. The van der Waals surface area contributed by atoms with Crippen molar-refractivity contribution >= 4 is 11.9 Å². The van der Waals surface area contributed by atoms with Gasteiger partial charge < -0.3 is 15.2 Å². The molecule has 0 aliphatic carbocycles. The number of amides is 1. The number of carbonyl (C=O) groups excluding carboxylic acids is 1. The van der Waals surface area contributed by atoms with Gasteiger partial charge in [-0.2, -0.15) is 0 Å². The van der Waals surface area contributed by atoms with Crippen molar-refractivity contribution in [3.05, 3.63) is 42.7 Å². The van der Waals surface area contributed by atoms with Crippen LogP contribution in [-0.4, -0.2) is 29.6 Å². The topological polar surface area (TPSA) is 75.6 Å². The highest BCUT2D eigenvalue weighted by Gasteiger charge is 2.18. The van der Waals surface area contributed by atoms with E-state index < -0.39 is 23.7 Å². The molecule has 0 saturated heterocycles. The number of aliphatic carboxylic acids is 1. The first-order valence-electron chi connectivity index (χ1n) is 5.54. The summed E-state index contributed by atoms with van der Waals surface area (Å²) in [5.41, 5.74) is 0. The number of halogens is 1. The third-order valence-electron chi connectivity index (χ3n) is 2.22. The van der Waals surface area contributed by atoms with Crippen LogP contribution in [0.3, 0.4) is 0 Å². The molecule has 5 nitrogen and oxygen atoms in total. The van der Waals surface area contributed by atoms with E-state index in [1.54, 1.807) is 0 Å². The van der Waals surface area contributed by atoms with Crippen molar-refractivity contribution in [1.29, 1.82) is 0 Å². The fourth-order valence-electron chi connectivity index (χ4n) is 1.30. The molecule has 0 fully saturated rings. The second-order valence-corrected chi connectivity index (χ2v) is 3.73. The fraction of sp³-hybridized carbons (Fsp3) is 0.231. The predicted octanol–water partition coefficient (Wildman–Crippen LogP) is 1.35. The molecule has 1 atom stereocenters. The monoisotopic (exact) mass is 267 g/mol. The normalized spacial score (nSPS) is 11.4. The molecule has 1 aromatic rings. The minimum atomic E-state index is -1.14. The lowest BCUT2D eigenvalue weighted by Crippen LogP contribution is -2.42. The molecule has 2 N–H and O–H groups in total. The van der Waals surface area contributed by atoms with E-state index in [1.807, 2.05) is 0 Å². The molecule has 0 aliphatic heterocycles. The van der Waals surface area contributed by atoms with Gasteiger partial charge in [0.05, 0.1) is 0 Å². The lowest BCUT2D eigenvalue weighted by Gasteiger charge is -2.13. The van der Waals surface area contributed by atoms with Gasteiger partial charge in [-0.05, 0) is 30.7 Å². The summed E-state index contributed by atoms with van der Waals surface area (Å²) in [5, 5.41) is 11.1. The lowest BCUT2D eigenvalue weighted by molar-refractivity contribution is -0.142. The third kappa shape index (κ3) is 5.20. The molecule has 1 unspecified atom stereocenters. The Hall–Kier alpha value is -2.37. The molecule has 1 aromatic carbocycles. The van der Waals surface area contributed by atoms with E-state index in [0.717, 1.165) is 0 Å². The molecule has 0 aromatic heterocycles. The number of carboxylic acid groups (broad SMARTS) is 1. The summed E-state index contributed by atoms with van der Waals surface area (Å²) in [6.45, 7) is 3.07. The SMILES string of the molecule is C=CCC(NC(=O)COc1ccc(F)cc1)C(=O)O. The van der Waals surface area contributed by atoms with Gasteiger partial charge >= 0.3 is 5.97 Å². The van der Waals surface area contributed by atoms with Gasteiger partial charge in [-0.25, -0.2) is 9.18 Å². The smallest absolute Gasteiger partial charge is 0.326 e. The molecule has 0 bridgehead atoms. The van der Waals surface area contributed by atoms with Crippen LogP contribution < -0.4 is 10.1 Å². The average Bonchev–Trinajstić information content (AvgIpc) is 2.37. The minimum Gasteiger partial charge on any atom is -0.484 e. The second kappa shape index (κ2) is 7.15. The maximum Gasteiger partial charge on any atom is 0.326 e. The Labute approximate surface area is 109 Å². The first-order valence-corrected chi connectivity index (χ1v) is 5.54. The van der Waals surface area contributed by atoms with Crippen LogP contribution in [0.5, 0.6) is 5.75 Å². The zero-order chi connectivity index (χ0) is 14.3. The molecule has 0 aliphatic rings. The Morgan fingerprint density at radius 3 is 2.58 bits per heavy atom. The summed E-state index contributed by atoms with van der Waals surface area (Å²) in [7, 11) is 0. The van der Waals surface area contributed by atoms with E-state index in [9.17, 15) is 14.0 Å². The van der Waals surface area contributed by atoms with Gasteiger partial charge in [0.1, 0.15) is 17.6 Å². The van der Waals surface area contributed by atoms with E-state index in [-0.39, 0.29) is 13.0 Å². The molecule has 0 spiro atoms. The molecule has 1 amide bonds. The molecule has 1 rings (SSSR count). The Kier molecular flexibility index (Phi) is 5.53. The number of nitrogens with one attached hydrogen (secondary N) is 1. The molecular formula is C13H14FNO4. The molecule has 6 heteroatoms. The van der Waals surface area contributed by atoms with Crippen molar-refractivity contribution in [2.45, 2.75) is 12.5 Å². The quantitative estimate of drug-likeness (QED) is 0.731. The maximum atomic E-state index is 12.6. The average molecular weight is 267 g/mol. The molecule has 19 heavy (non-hydrogen) atoms. The van der Waals surface area contributed by atoms with Crippen molar-refractivity contribution in [2.75, 3.05) is 6.61 Å². The number of benzene rings is 1.